The molecule has 0 aromatic heterocycles. The number of amides is 2. The third kappa shape index (κ3) is 5.22. The van der Waals surface area contributed by atoms with Gasteiger partial charge in [0.2, 0.25) is 11.8 Å². The lowest BCUT2D eigenvalue weighted by Gasteiger charge is -2.26. The highest BCUT2D eigenvalue weighted by atomic mass is 16.2. The Kier molecular flexibility index (Phi) is 6.65. The first kappa shape index (κ1) is 21.7. The second kappa shape index (κ2) is 8.59. The van der Waals surface area contributed by atoms with E-state index in [0.29, 0.717) is 6.54 Å². The summed E-state index contributed by atoms with van der Waals surface area (Å²) in [5.41, 5.74) is 6.03. The fraction of sp³-hybridized carbons (Fsp3) is 0.417. The fourth-order valence-electron chi connectivity index (χ4n) is 3.70. The van der Waals surface area contributed by atoms with Gasteiger partial charge in [-0.25, -0.2) is 0 Å². The quantitative estimate of drug-likeness (QED) is 0.766. The monoisotopic (exact) mass is 380 g/mol. The lowest BCUT2D eigenvalue weighted by molar-refractivity contribution is -0.117. The molecule has 0 saturated carbocycles. The molecule has 150 valence electrons. The Morgan fingerprint density at radius 1 is 1.00 bits per heavy atom. The predicted molar refractivity (Wildman–Crippen MR) is 117 cm³/mol. The molecule has 2 rings (SSSR count). The number of hydrogen-bond donors (Lipinski definition) is 1. The van der Waals surface area contributed by atoms with E-state index in [9.17, 15) is 9.59 Å². The first-order valence-electron chi connectivity index (χ1n) is 9.76. The lowest BCUT2D eigenvalue weighted by Crippen LogP contribution is -2.33. The second-order valence-electron chi connectivity index (χ2n) is 8.51. The summed E-state index contributed by atoms with van der Waals surface area (Å²) in [6.45, 7) is 14.3. The predicted octanol–water partition coefficient (Wildman–Crippen LogP) is 5.29. The Labute approximate surface area is 169 Å². The minimum Gasteiger partial charge on any atom is -0.326 e. The number of carbonyl (C=O) groups is 2. The first-order chi connectivity index (χ1) is 13.0. The Morgan fingerprint density at radius 3 is 2.11 bits per heavy atom. The van der Waals surface area contributed by atoms with Crippen LogP contribution in [0.25, 0.3) is 0 Å². The van der Waals surface area contributed by atoms with Crippen LogP contribution >= 0.6 is 0 Å². The smallest absolute Gasteiger partial charge is 0.226 e. The molecule has 0 unspecified atom stereocenters. The number of hydrogen-bond acceptors (Lipinski definition) is 2. The summed E-state index contributed by atoms with van der Waals surface area (Å²) < 4.78 is 0. The summed E-state index contributed by atoms with van der Waals surface area (Å²) in [4.78, 5) is 26.6. The molecule has 0 aliphatic heterocycles. The van der Waals surface area contributed by atoms with Crippen molar-refractivity contribution in [3.63, 3.8) is 0 Å². The van der Waals surface area contributed by atoms with Crippen LogP contribution in [0, 0.1) is 20.8 Å². The van der Waals surface area contributed by atoms with Crippen LogP contribution in [0.2, 0.25) is 0 Å². The van der Waals surface area contributed by atoms with Gasteiger partial charge < -0.3 is 10.2 Å². The van der Waals surface area contributed by atoms with Crippen LogP contribution in [-0.2, 0) is 15.0 Å². The van der Waals surface area contributed by atoms with Gasteiger partial charge in [0.15, 0.2) is 0 Å². The van der Waals surface area contributed by atoms with E-state index in [1.54, 1.807) is 11.8 Å². The molecule has 4 nitrogen and oxygen atoms in total. The molecule has 0 fully saturated rings. The molecule has 28 heavy (non-hydrogen) atoms. The van der Waals surface area contributed by atoms with Gasteiger partial charge in [0.25, 0.3) is 0 Å². The van der Waals surface area contributed by atoms with Gasteiger partial charge in [-0.05, 0) is 48.9 Å². The number of nitrogens with zero attached hydrogens (tertiary/aromatic N) is 1. The van der Waals surface area contributed by atoms with Crippen molar-refractivity contribution in [2.45, 2.75) is 60.3 Å². The molecule has 2 aromatic carbocycles. The van der Waals surface area contributed by atoms with E-state index in [0.717, 1.165) is 28.1 Å². The average Bonchev–Trinajstić information content (AvgIpc) is 2.56. The molecule has 0 atom stereocenters. The van der Waals surface area contributed by atoms with Crippen LogP contribution in [0.4, 0.5) is 11.4 Å². The van der Waals surface area contributed by atoms with Crippen molar-refractivity contribution in [3.05, 3.63) is 58.7 Å². The molecular formula is C24H32N2O2. The van der Waals surface area contributed by atoms with Gasteiger partial charge >= 0.3 is 0 Å². The fourth-order valence-corrected chi connectivity index (χ4v) is 3.70. The molecule has 0 radical (unpaired) electrons. The molecule has 0 heterocycles. The maximum absolute atomic E-state index is 12.6. The van der Waals surface area contributed by atoms with Gasteiger partial charge in [-0.1, -0.05) is 56.7 Å². The lowest BCUT2D eigenvalue weighted by atomic mass is 9.86. The third-order valence-corrected chi connectivity index (χ3v) is 4.86. The summed E-state index contributed by atoms with van der Waals surface area (Å²) >= 11 is 0. The number of benzene rings is 2. The van der Waals surface area contributed by atoms with E-state index >= 15 is 0 Å². The maximum Gasteiger partial charge on any atom is 0.226 e. The van der Waals surface area contributed by atoms with Gasteiger partial charge in [-0.3, -0.25) is 9.59 Å². The van der Waals surface area contributed by atoms with E-state index in [1.165, 1.54) is 5.56 Å². The molecular weight excluding hydrogens is 348 g/mol. The summed E-state index contributed by atoms with van der Waals surface area (Å²) in [5.74, 6) is -0.150. The van der Waals surface area contributed by atoms with Crippen LogP contribution in [-0.4, -0.2) is 18.4 Å². The molecule has 0 bridgehead atoms. The highest BCUT2D eigenvalue weighted by Crippen LogP contribution is 2.30. The molecule has 2 aromatic rings. The Hall–Kier alpha value is -2.62. The zero-order valence-corrected chi connectivity index (χ0v) is 18.1. The van der Waals surface area contributed by atoms with E-state index in [1.807, 2.05) is 45.0 Å². The largest absolute Gasteiger partial charge is 0.326 e. The summed E-state index contributed by atoms with van der Waals surface area (Å²) in [5, 5.41) is 3.02. The zero-order chi connectivity index (χ0) is 21.1. The minimum atomic E-state index is -0.0923. The Bertz CT molecular complexity index is 855. The first-order valence-corrected chi connectivity index (χ1v) is 9.76. The van der Waals surface area contributed by atoms with Gasteiger partial charge in [0.1, 0.15) is 0 Å². The van der Waals surface area contributed by atoms with Crippen LogP contribution < -0.4 is 10.2 Å². The highest BCUT2D eigenvalue weighted by Gasteiger charge is 2.20. The van der Waals surface area contributed by atoms with E-state index in [-0.39, 0.29) is 23.7 Å². The topological polar surface area (TPSA) is 49.4 Å². The van der Waals surface area contributed by atoms with E-state index in [4.69, 9.17) is 0 Å². The summed E-state index contributed by atoms with van der Waals surface area (Å²) in [6.07, 6.45) is 0.241. The van der Waals surface area contributed by atoms with Crippen molar-refractivity contribution in [2.24, 2.45) is 0 Å². The zero-order valence-electron chi connectivity index (χ0n) is 18.1. The maximum atomic E-state index is 12.6. The number of rotatable bonds is 5. The van der Waals surface area contributed by atoms with Gasteiger partial charge in [0.05, 0.1) is 0 Å². The minimum absolute atomic E-state index is 0.0575. The molecule has 0 spiro atoms. The third-order valence-electron chi connectivity index (χ3n) is 4.86. The van der Waals surface area contributed by atoms with E-state index in [2.05, 4.69) is 38.2 Å². The SMILES string of the molecule is CC(=O)N(CCC(=O)Nc1ccccc1C(C)(C)C)c1c(C)cc(C)cc1C. The van der Waals surface area contributed by atoms with Crippen molar-refractivity contribution in [3.8, 4) is 0 Å². The standard InChI is InChI=1S/C24H32N2O2/c1-16-14-17(2)23(18(3)15-16)26(19(4)27)13-12-22(28)25-21-11-9-8-10-20(21)24(5,6)7/h8-11,14-15H,12-13H2,1-7H3,(H,25,28). The van der Waals surface area contributed by atoms with Crippen LogP contribution in [0.3, 0.4) is 0 Å². The Morgan fingerprint density at radius 2 is 1.57 bits per heavy atom. The molecule has 0 saturated heterocycles. The average molecular weight is 381 g/mol. The van der Waals surface area contributed by atoms with Crippen LogP contribution in [0.5, 0.6) is 0 Å². The summed E-state index contributed by atoms with van der Waals surface area (Å²) in [7, 11) is 0. The molecule has 0 aliphatic carbocycles. The number of carbonyl (C=O) groups excluding carboxylic acids is 2. The molecule has 0 aliphatic rings. The van der Waals surface area contributed by atoms with Gasteiger partial charge in [-0.15, -0.1) is 0 Å². The van der Waals surface area contributed by atoms with Crippen molar-refractivity contribution < 1.29 is 9.59 Å². The van der Waals surface area contributed by atoms with E-state index < -0.39 is 0 Å². The van der Waals surface area contributed by atoms with Crippen LogP contribution in [0.1, 0.15) is 56.4 Å². The number of anilines is 2. The Balaban J connectivity index is 2.16. The van der Waals surface area contributed by atoms with Crippen LogP contribution in [0.15, 0.2) is 36.4 Å². The normalized spacial score (nSPS) is 11.2. The van der Waals surface area contributed by atoms with Gasteiger partial charge in [0, 0.05) is 31.3 Å². The molecule has 1 N–H and O–H groups in total. The molecule has 4 heteroatoms. The van der Waals surface area contributed by atoms with Crippen molar-refractivity contribution in [1.82, 2.24) is 0 Å². The number of para-hydroxylation sites is 1. The van der Waals surface area contributed by atoms with Crippen molar-refractivity contribution in [1.29, 1.82) is 0 Å². The second-order valence-corrected chi connectivity index (χ2v) is 8.51. The van der Waals surface area contributed by atoms with Gasteiger partial charge in [-0.2, -0.15) is 0 Å². The molecule has 2 amide bonds. The summed E-state index contributed by atoms with van der Waals surface area (Å²) in [6, 6.07) is 12.0. The van der Waals surface area contributed by atoms with Crippen molar-refractivity contribution >= 4 is 23.2 Å². The van der Waals surface area contributed by atoms with Crippen molar-refractivity contribution in [2.75, 3.05) is 16.8 Å². The number of aryl methyl sites for hydroxylation is 3. The number of nitrogens with one attached hydrogen (secondary N) is 1. The highest BCUT2D eigenvalue weighted by molar-refractivity contribution is 5.96.